The molecule has 0 spiro atoms. The SMILES string of the molecule is C=CCNc1nc2ccc(C)cn2c(=O)c1C=C1SC(=S)N(CC2CCCO2)C1=O. The van der Waals surface area contributed by atoms with E-state index >= 15 is 0 Å². The number of carbonyl (C=O) groups excluding carboxylic acids is 1. The summed E-state index contributed by atoms with van der Waals surface area (Å²) in [4.78, 5) is 32.8. The quantitative estimate of drug-likeness (QED) is 0.419. The summed E-state index contributed by atoms with van der Waals surface area (Å²) in [6, 6.07) is 3.69. The summed E-state index contributed by atoms with van der Waals surface area (Å²) in [5.41, 5.74) is 1.53. The average Bonchev–Trinajstić information content (AvgIpc) is 3.33. The minimum absolute atomic E-state index is 0.00704. The number of hydrogen-bond acceptors (Lipinski definition) is 7. The second-order valence-corrected chi connectivity index (χ2v) is 8.89. The Kier molecular flexibility index (Phi) is 6.03. The number of anilines is 1. The molecule has 7 nitrogen and oxygen atoms in total. The van der Waals surface area contributed by atoms with Gasteiger partial charge in [0.2, 0.25) is 0 Å². The molecule has 2 aliphatic heterocycles. The van der Waals surface area contributed by atoms with Gasteiger partial charge in [0.25, 0.3) is 11.5 Å². The maximum atomic E-state index is 13.2. The van der Waals surface area contributed by atoms with Crippen molar-refractivity contribution in [1.82, 2.24) is 14.3 Å². The molecule has 2 fully saturated rings. The number of nitrogens with one attached hydrogen (secondary N) is 1. The van der Waals surface area contributed by atoms with E-state index in [2.05, 4.69) is 16.9 Å². The van der Waals surface area contributed by atoms with Crippen molar-refractivity contribution in [1.29, 1.82) is 0 Å². The van der Waals surface area contributed by atoms with Crippen molar-refractivity contribution in [2.24, 2.45) is 0 Å². The highest BCUT2D eigenvalue weighted by molar-refractivity contribution is 8.26. The average molecular weight is 443 g/mol. The Balaban J connectivity index is 1.74. The molecule has 0 saturated carbocycles. The van der Waals surface area contributed by atoms with Crippen LogP contribution in [0.4, 0.5) is 5.82 Å². The summed E-state index contributed by atoms with van der Waals surface area (Å²) in [5.74, 6) is 0.206. The second-order valence-electron chi connectivity index (χ2n) is 7.21. The molecule has 2 aromatic rings. The Morgan fingerprint density at radius 3 is 3.00 bits per heavy atom. The second kappa shape index (κ2) is 8.71. The van der Waals surface area contributed by atoms with Crippen molar-refractivity contribution in [3.8, 4) is 0 Å². The number of aryl methyl sites for hydroxylation is 1. The van der Waals surface area contributed by atoms with Crippen LogP contribution in [-0.4, -0.2) is 50.3 Å². The fourth-order valence-corrected chi connectivity index (χ4v) is 4.73. The summed E-state index contributed by atoms with van der Waals surface area (Å²) < 4.78 is 7.61. The normalized spacial score (nSPS) is 20.5. The van der Waals surface area contributed by atoms with Crippen LogP contribution in [-0.2, 0) is 9.53 Å². The first-order valence-corrected chi connectivity index (χ1v) is 10.9. The zero-order chi connectivity index (χ0) is 21.3. The van der Waals surface area contributed by atoms with Gasteiger partial charge in [0.05, 0.1) is 23.1 Å². The van der Waals surface area contributed by atoms with Crippen molar-refractivity contribution in [2.45, 2.75) is 25.9 Å². The van der Waals surface area contributed by atoms with Crippen molar-refractivity contribution in [2.75, 3.05) is 25.0 Å². The molecule has 1 amide bonds. The first-order valence-electron chi connectivity index (χ1n) is 9.72. The molecular formula is C21H22N4O3S2. The molecular weight excluding hydrogens is 420 g/mol. The van der Waals surface area contributed by atoms with Crippen LogP contribution in [0, 0.1) is 6.92 Å². The number of ether oxygens (including phenoxy) is 1. The third kappa shape index (κ3) is 4.05. The molecule has 0 bridgehead atoms. The van der Waals surface area contributed by atoms with Crippen molar-refractivity contribution in [3.63, 3.8) is 0 Å². The number of rotatable bonds is 6. The number of amides is 1. The molecule has 1 unspecified atom stereocenters. The molecule has 9 heteroatoms. The predicted octanol–water partition coefficient (Wildman–Crippen LogP) is 2.98. The Labute approximate surface area is 183 Å². The summed E-state index contributed by atoms with van der Waals surface area (Å²) in [7, 11) is 0. The van der Waals surface area contributed by atoms with Gasteiger partial charge in [0.15, 0.2) is 0 Å². The van der Waals surface area contributed by atoms with E-state index in [-0.39, 0.29) is 17.6 Å². The third-order valence-corrected chi connectivity index (χ3v) is 6.36. The molecule has 2 saturated heterocycles. The predicted molar refractivity (Wildman–Crippen MR) is 124 cm³/mol. The highest BCUT2D eigenvalue weighted by Gasteiger charge is 2.35. The molecule has 1 atom stereocenters. The number of thiocarbonyl (C=S) groups is 1. The van der Waals surface area contributed by atoms with Crippen molar-refractivity contribution < 1.29 is 9.53 Å². The lowest BCUT2D eigenvalue weighted by Crippen LogP contribution is -2.35. The lowest BCUT2D eigenvalue weighted by molar-refractivity contribution is -0.123. The molecule has 156 valence electrons. The molecule has 2 aliphatic rings. The van der Waals surface area contributed by atoms with Gasteiger partial charge in [-0.15, -0.1) is 6.58 Å². The van der Waals surface area contributed by atoms with Crippen molar-refractivity contribution in [3.05, 3.63) is 57.4 Å². The molecule has 1 N–H and O–H groups in total. The minimum atomic E-state index is -0.250. The molecule has 4 rings (SSSR count). The first kappa shape index (κ1) is 20.8. The van der Waals surface area contributed by atoms with Crippen LogP contribution in [0.3, 0.4) is 0 Å². The van der Waals surface area contributed by atoms with Gasteiger partial charge in [0.1, 0.15) is 15.8 Å². The maximum Gasteiger partial charge on any atom is 0.267 e. The van der Waals surface area contributed by atoms with Gasteiger partial charge >= 0.3 is 0 Å². The Morgan fingerprint density at radius 2 is 2.27 bits per heavy atom. The van der Waals surface area contributed by atoms with Crippen LogP contribution >= 0.6 is 24.0 Å². The topological polar surface area (TPSA) is 75.9 Å². The smallest absolute Gasteiger partial charge is 0.267 e. The molecule has 2 aromatic heterocycles. The van der Waals surface area contributed by atoms with E-state index in [1.165, 1.54) is 16.2 Å². The zero-order valence-electron chi connectivity index (χ0n) is 16.6. The highest BCUT2D eigenvalue weighted by Crippen LogP contribution is 2.34. The van der Waals surface area contributed by atoms with E-state index in [1.807, 2.05) is 13.0 Å². The van der Waals surface area contributed by atoms with Crippen molar-refractivity contribution >= 4 is 51.7 Å². The van der Waals surface area contributed by atoms with Crippen LogP contribution in [0.1, 0.15) is 24.0 Å². The molecule has 0 radical (unpaired) electrons. The first-order chi connectivity index (χ1) is 14.5. The monoisotopic (exact) mass is 442 g/mol. The fourth-order valence-electron chi connectivity index (χ4n) is 3.47. The number of fused-ring (bicyclic) bond motifs is 1. The van der Waals surface area contributed by atoms with Gasteiger partial charge < -0.3 is 10.1 Å². The van der Waals surface area contributed by atoms with Gasteiger partial charge in [-0.3, -0.25) is 18.9 Å². The lowest BCUT2D eigenvalue weighted by atomic mass is 10.2. The minimum Gasteiger partial charge on any atom is -0.376 e. The van der Waals surface area contributed by atoms with E-state index in [4.69, 9.17) is 17.0 Å². The van der Waals surface area contributed by atoms with E-state index < -0.39 is 0 Å². The number of aromatic nitrogens is 2. The standard InChI is InChI=1S/C21H22N4O3S2/c1-3-8-22-18-15(19(26)24-11-13(2)6-7-17(24)23-18)10-16-20(27)25(21(29)30-16)12-14-5-4-9-28-14/h3,6-7,10-11,14,22H,1,4-5,8-9,12H2,2H3. The van der Waals surface area contributed by atoms with Crippen LogP contribution in [0.5, 0.6) is 0 Å². The van der Waals surface area contributed by atoms with Gasteiger partial charge in [0, 0.05) is 19.3 Å². The summed E-state index contributed by atoms with van der Waals surface area (Å²) in [6.45, 7) is 7.21. The van der Waals surface area contributed by atoms with E-state index in [1.54, 1.807) is 29.3 Å². The van der Waals surface area contributed by atoms with E-state index in [0.29, 0.717) is 46.0 Å². The Bertz CT molecular complexity index is 1120. The van der Waals surface area contributed by atoms with E-state index in [9.17, 15) is 9.59 Å². The third-order valence-electron chi connectivity index (χ3n) is 4.98. The maximum absolute atomic E-state index is 13.2. The van der Waals surface area contributed by atoms with Crippen LogP contribution < -0.4 is 10.9 Å². The number of carbonyl (C=O) groups is 1. The lowest BCUT2D eigenvalue weighted by Gasteiger charge is -2.18. The van der Waals surface area contributed by atoms with Gasteiger partial charge in [-0.1, -0.05) is 36.1 Å². The summed E-state index contributed by atoms with van der Waals surface area (Å²) >= 11 is 6.62. The zero-order valence-corrected chi connectivity index (χ0v) is 18.2. The number of thioether (sulfide) groups is 1. The fraction of sp³-hybridized carbons (Fsp3) is 0.333. The summed E-state index contributed by atoms with van der Waals surface area (Å²) in [5, 5.41) is 3.11. The highest BCUT2D eigenvalue weighted by atomic mass is 32.2. The Morgan fingerprint density at radius 1 is 1.43 bits per heavy atom. The molecule has 30 heavy (non-hydrogen) atoms. The van der Waals surface area contributed by atoms with Crippen LogP contribution in [0.25, 0.3) is 11.7 Å². The van der Waals surface area contributed by atoms with Gasteiger partial charge in [-0.05, 0) is 37.5 Å². The number of hydrogen-bond donors (Lipinski definition) is 1. The number of pyridine rings is 1. The molecule has 0 aromatic carbocycles. The largest absolute Gasteiger partial charge is 0.376 e. The molecule has 4 heterocycles. The van der Waals surface area contributed by atoms with E-state index in [0.717, 1.165) is 18.4 Å². The van der Waals surface area contributed by atoms with Gasteiger partial charge in [-0.2, -0.15) is 0 Å². The number of nitrogens with zero attached hydrogens (tertiary/aromatic N) is 3. The van der Waals surface area contributed by atoms with Gasteiger partial charge in [-0.25, -0.2) is 4.98 Å². The van der Waals surface area contributed by atoms with Crippen LogP contribution in [0.2, 0.25) is 0 Å². The summed E-state index contributed by atoms with van der Waals surface area (Å²) in [6.07, 6.45) is 6.93. The Hall–Kier alpha value is -2.49. The molecule has 0 aliphatic carbocycles. The van der Waals surface area contributed by atoms with Crippen LogP contribution in [0.15, 0.2) is 40.7 Å².